The quantitative estimate of drug-likeness (QED) is 0.815. The molecular weight excluding hydrogens is 230 g/mol. The summed E-state index contributed by atoms with van der Waals surface area (Å²) in [7, 11) is 0. The third kappa shape index (κ3) is 3.17. The number of Topliss-reactive ketones (excluding diaryl/α,β-unsaturated/α-hetero) is 1. The van der Waals surface area contributed by atoms with Crippen LogP contribution in [-0.2, 0) is 6.42 Å². The van der Waals surface area contributed by atoms with Crippen LogP contribution in [0.3, 0.4) is 0 Å². The third-order valence-corrected chi connectivity index (χ3v) is 3.52. The number of aryl methyl sites for hydroxylation is 1. The van der Waals surface area contributed by atoms with E-state index in [0.29, 0.717) is 6.54 Å². The fraction of sp³-hybridized carbons (Fsp3) is 0.214. The first kappa shape index (κ1) is 11.9. The molecule has 0 aliphatic rings. The molecule has 2 rings (SSSR count). The first-order valence-corrected chi connectivity index (χ1v) is 6.57. The van der Waals surface area contributed by atoms with Gasteiger partial charge in [-0.25, -0.2) is 0 Å². The summed E-state index contributed by atoms with van der Waals surface area (Å²) in [4.78, 5) is 12.6. The minimum atomic E-state index is 0.138. The van der Waals surface area contributed by atoms with Gasteiger partial charge in [0.2, 0.25) is 0 Å². The van der Waals surface area contributed by atoms with Gasteiger partial charge in [0.1, 0.15) is 0 Å². The van der Waals surface area contributed by atoms with Gasteiger partial charge in [-0.2, -0.15) is 0 Å². The van der Waals surface area contributed by atoms with Gasteiger partial charge in [-0.1, -0.05) is 25.1 Å². The molecule has 0 bridgehead atoms. The van der Waals surface area contributed by atoms with Crippen molar-refractivity contribution in [1.82, 2.24) is 0 Å². The Morgan fingerprint density at radius 1 is 1.24 bits per heavy atom. The van der Waals surface area contributed by atoms with Gasteiger partial charge in [0.05, 0.1) is 11.4 Å². The van der Waals surface area contributed by atoms with E-state index in [-0.39, 0.29) is 5.78 Å². The summed E-state index contributed by atoms with van der Waals surface area (Å²) in [6, 6.07) is 11.9. The number of carbonyl (C=O) groups is 1. The Morgan fingerprint density at radius 3 is 2.59 bits per heavy atom. The first-order valence-electron chi connectivity index (χ1n) is 5.69. The number of thiophene rings is 1. The zero-order valence-electron chi connectivity index (χ0n) is 9.77. The molecule has 2 aromatic rings. The Morgan fingerprint density at radius 2 is 2.00 bits per heavy atom. The number of nitrogens with one attached hydrogen (secondary N) is 1. The van der Waals surface area contributed by atoms with Gasteiger partial charge < -0.3 is 5.32 Å². The lowest BCUT2D eigenvalue weighted by Gasteiger charge is -2.05. The van der Waals surface area contributed by atoms with Gasteiger partial charge in [-0.3, -0.25) is 4.79 Å². The van der Waals surface area contributed by atoms with Gasteiger partial charge >= 0.3 is 0 Å². The molecule has 0 amide bonds. The van der Waals surface area contributed by atoms with Crippen LogP contribution in [0.25, 0.3) is 0 Å². The number of benzene rings is 1. The van der Waals surface area contributed by atoms with Crippen molar-refractivity contribution in [2.45, 2.75) is 13.3 Å². The highest BCUT2D eigenvalue weighted by atomic mass is 32.1. The number of rotatable bonds is 5. The Labute approximate surface area is 105 Å². The van der Waals surface area contributed by atoms with Crippen molar-refractivity contribution >= 4 is 22.8 Å². The molecule has 0 spiro atoms. The predicted octanol–water partition coefficient (Wildman–Crippen LogP) is 3.61. The van der Waals surface area contributed by atoms with E-state index in [0.717, 1.165) is 17.0 Å². The average molecular weight is 245 g/mol. The maximum absolute atomic E-state index is 11.8. The Kier molecular flexibility index (Phi) is 3.94. The summed E-state index contributed by atoms with van der Waals surface area (Å²) < 4.78 is 0. The molecule has 0 saturated carbocycles. The molecule has 88 valence electrons. The number of ketones is 1. The second kappa shape index (κ2) is 5.64. The molecule has 0 aliphatic heterocycles. The second-order valence-corrected chi connectivity index (χ2v) is 4.75. The molecule has 1 heterocycles. The van der Waals surface area contributed by atoms with Crippen LogP contribution in [0, 0.1) is 0 Å². The smallest absolute Gasteiger partial charge is 0.191 e. The van der Waals surface area contributed by atoms with E-state index >= 15 is 0 Å². The van der Waals surface area contributed by atoms with Crippen LogP contribution in [-0.4, -0.2) is 12.3 Å². The third-order valence-electron chi connectivity index (χ3n) is 2.61. The number of hydrogen-bond acceptors (Lipinski definition) is 3. The maximum atomic E-state index is 11.8. The van der Waals surface area contributed by atoms with Gasteiger partial charge in [0.15, 0.2) is 5.78 Å². The molecule has 0 saturated heterocycles. The van der Waals surface area contributed by atoms with Crippen molar-refractivity contribution < 1.29 is 4.79 Å². The molecule has 0 unspecified atom stereocenters. The largest absolute Gasteiger partial charge is 0.378 e. The van der Waals surface area contributed by atoms with Crippen molar-refractivity contribution in [3.63, 3.8) is 0 Å². The molecule has 0 atom stereocenters. The van der Waals surface area contributed by atoms with E-state index < -0.39 is 0 Å². The minimum Gasteiger partial charge on any atom is -0.378 e. The zero-order valence-corrected chi connectivity index (χ0v) is 10.6. The molecular formula is C14H15NOS. The summed E-state index contributed by atoms with van der Waals surface area (Å²) >= 11 is 1.48. The van der Waals surface area contributed by atoms with Crippen molar-refractivity contribution in [3.8, 4) is 0 Å². The molecule has 0 aliphatic carbocycles. The van der Waals surface area contributed by atoms with Crippen LogP contribution >= 0.6 is 11.3 Å². The lowest BCUT2D eigenvalue weighted by Crippen LogP contribution is -2.12. The van der Waals surface area contributed by atoms with Crippen molar-refractivity contribution in [2.75, 3.05) is 11.9 Å². The summed E-state index contributed by atoms with van der Waals surface area (Å²) in [5.74, 6) is 0.138. The fourth-order valence-corrected chi connectivity index (χ4v) is 2.23. The minimum absolute atomic E-state index is 0.138. The summed E-state index contributed by atoms with van der Waals surface area (Å²) in [5, 5.41) is 5.06. The number of hydrogen-bond donors (Lipinski definition) is 1. The van der Waals surface area contributed by atoms with E-state index in [1.54, 1.807) is 0 Å². The predicted molar refractivity (Wildman–Crippen MR) is 73.0 cm³/mol. The van der Waals surface area contributed by atoms with Crippen molar-refractivity contribution in [3.05, 3.63) is 52.2 Å². The molecule has 1 aromatic heterocycles. The van der Waals surface area contributed by atoms with Crippen LogP contribution in [0.2, 0.25) is 0 Å². The molecule has 3 heteroatoms. The van der Waals surface area contributed by atoms with Crippen LogP contribution in [0.1, 0.15) is 22.2 Å². The van der Waals surface area contributed by atoms with E-state index in [2.05, 4.69) is 24.4 Å². The maximum Gasteiger partial charge on any atom is 0.191 e. The topological polar surface area (TPSA) is 29.1 Å². The number of carbonyl (C=O) groups excluding carboxylic acids is 1. The Bertz CT molecular complexity index is 473. The fourth-order valence-electron chi connectivity index (χ4n) is 1.56. The Hall–Kier alpha value is -1.61. The zero-order chi connectivity index (χ0) is 12.1. The molecule has 2 nitrogen and oxygen atoms in total. The van der Waals surface area contributed by atoms with Crippen LogP contribution in [0.15, 0.2) is 41.8 Å². The molecule has 1 aromatic carbocycles. The molecule has 1 N–H and O–H groups in total. The molecule has 0 fully saturated rings. The highest BCUT2D eigenvalue weighted by Gasteiger charge is 2.05. The standard InChI is InChI=1S/C14H15NOS/c1-2-11-5-7-12(8-6-11)15-10-13(16)14-4-3-9-17-14/h3-9,15H,2,10H2,1H3. The SMILES string of the molecule is CCc1ccc(NCC(=O)c2cccs2)cc1. The van der Waals surface area contributed by atoms with E-state index in [9.17, 15) is 4.79 Å². The lowest BCUT2D eigenvalue weighted by molar-refractivity contribution is 0.101. The van der Waals surface area contributed by atoms with Gasteiger partial charge in [0.25, 0.3) is 0 Å². The Balaban J connectivity index is 1.91. The summed E-state index contributed by atoms with van der Waals surface area (Å²) in [6.07, 6.45) is 1.04. The van der Waals surface area contributed by atoms with Gasteiger partial charge in [-0.05, 0) is 35.6 Å². The average Bonchev–Trinajstić information content (AvgIpc) is 2.90. The van der Waals surface area contributed by atoms with Crippen molar-refractivity contribution in [1.29, 1.82) is 0 Å². The van der Waals surface area contributed by atoms with Gasteiger partial charge in [0, 0.05) is 5.69 Å². The van der Waals surface area contributed by atoms with Gasteiger partial charge in [-0.15, -0.1) is 11.3 Å². The number of anilines is 1. The lowest BCUT2D eigenvalue weighted by atomic mass is 10.1. The summed E-state index contributed by atoms with van der Waals surface area (Å²) in [6.45, 7) is 2.48. The van der Waals surface area contributed by atoms with E-state index in [1.807, 2.05) is 29.6 Å². The van der Waals surface area contributed by atoms with Crippen LogP contribution in [0.4, 0.5) is 5.69 Å². The van der Waals surface area contributed by atoms with E-state index in [4.69, 9.17) is 0 Å². The highest BCUT2D eigenvalue weighted by molar-refractivity contribution is 7.12. The monoisotopic (exact) mass is 245 g/mol. The molecule has 17 heavy (non-hydrogen) atoms. The second-order valence-electron chi connectivity index (χ2n) is 3.80. The van der Waals surface area contributed by atoms with Crippen LogP contribution in [0.5, 0.6) is 0 Å². The van der Waals surface area contributed by atoms with E-state index in [1.165, 1.54) is 16.9 Å². The molecule has 0 radical (unpaired) electrons. The van der Waals surface area contributed by atoms with Crippen molar-refractivity contribution in [2.24, 2.45) is 0 Å². The summed E-state index contributed by atoms with van der Waals surface area (Å²) in [5.41, 5.74) is 2.30. The normalized spacial score (nSPS) is 10.2. The first-order chi connectivity index (χ1) is 8.29. The van der Waals surface area contributed by atoms with Crippen LogP contribution < -0.4 is 5.32 Å². The highest BCUT2D eigenvalue weighted by Crippen LogP contribution is 2.12.